The number of carbonyl (C=O) groups excluding carboxylic acids is 1. The molecular weight excluding hydrogens is 418 g/mol. The van der Waals surface area contributed by atoms with Crippen molar-refractivity contribution in [2.24, 2.45) is 0 Å². The van der Waals surface area contributed by atoms with E-state index in [1.165, 1.54) is 21.2 Å². The molecule has 0 spiro atoms. The zero-order valence-corrected chi connectivity index (χ0v) is 18.8. The fraction of sp³-hybridized carbons (Fsp3) is 0.0385. The van der Waals surface area contributed by atoms with Gasteiger partial charge in [-0.3, -0.25) is 4.79 Å². The Morgan fingerprint density at radius 3 is 1.00 bits per heavy atom. The van der Waals surface area contributed by atoms with Crippen molar-refractivity contribution in [2.75, 3.05) is 0 Å². The molecule has 0 saturated carbocycles. The van der Waals surface area contributed by atoms with E-state index in [1.54, 1.807) is 0 Å². The summed E-state index contributed by atoms with van der Waals surface area (Å²) >= 11 is 0. The van der Waals surface area contributed by atoms with Crippen molar-refractivity contribution in [3.63, 3.8) is 0 Å². The van der Waals surface area contributed by atoms with Crippen molar-refractivity contribution < 1.29 is 19.5 Å². The van der Waals surface area contributed by atoms with Crippen LogP contribution in [0.15, 0.2) is 121 Å². The molecule has 0 aliphatic rings. The minimum absolute atomic E-state index is 0.713. The molecule has 4 rings (SSSR count). The summed E-state index contributed by atoms with van der Waals surface area (Å²) < 4.78 is 3.72. The normalized spacial score (nSPS) is 11.0. The van der Waals surface area contributed by atoms with Gasteiger partial charge in [0.05, 0.1) is 0 Å². The van der Waals surface area contributed by atoms with Gasteiger partial charge in [0, 0.05) is 6.92 Å². The molecule has 0 heterocycles. The van der Waals surface area contributed by atoms with E-state index in [2.05, 4.69) is 126 Å². The van der Waals surface area contributed by atoms with Crippen LogP contribution in [0.5, 0.6) is 0 Å². The molecule has 32 heavy (non-hydrogen) atoms. The van der Waals surface area contributed by atoms with Gasteiger partial charge in [-0.25, -0.2) is 0 Å². The van der Waals surface area contributed by atoms with Crippen LogP contribution in [-0.2, 0) is 9.45 Å². The molecule has 0 fully saturated rings. The molecule has 4 aromatic rings. The van der Waals surface area contributed by atoms with Gasteiger partial charge >= 0.3 is 157 Å². The summed E-state index contributed by atoms with van der Waals surface area (Å²) in [5.74, 6) is -0.713. The molecule has 0 radical (unpaired) electrons. The number of hydrogen-bond acceptors (Lipinski definition) is 4. The zero-order chi connectivity index (χ0) is 22.8. The first-order chi connectivity index (χ1) is 15.5. The van der Waals surface area contributed by atoms with Gasteiger partial charge in [-0.2, -0.15) is 0 Å². The monoisotopic (exact) mass is 444 g/mol. The van der Waals surface area contributed by atoms with Gasteiger partial charge in [-0.15, -0.1) is 0 Å². The maximum absolute atomic E-state index is 9.71. The first kappa shape index (κ1) is 23.4. The Bertz CT molecular complexity index is 928. The van der Waals surface area contributed by atoms with Crippen LogP contribution in [-0.4, -0.2) is 23.3 Å². The average molecular weight is 444 g/mol. The molecule has 0 saturated heterocycles. The molecule has 2 N–H and O–H groups in total. The van der Waals surface area contributed by atoms with Crippen molar-refractivity contribution in [1.29, 1.82) is 0 Å². The Morgan fingerprint density at radius 2 is 0.844 bits per heavy atom. The van der Waals surface area contributed by atoms with Crippen LogP contribution in [0.4, 0.5) is 0 Å². The van der Waals surface area contributed by atoms with Crippen LogP contribution in [0, 0.1) is 0 Å². The van der Waals surface area contributed by atoms with Crippen LogP contribution in [0.2, 0.25) is 0 Å². The van der Waals surface area contributed by atoms with Crippen LogP contribution >= 0.6 is 7.26 Å². The second-order valence-corrected chi connectivity index (χ2v) is 11.0. The van der Waals surface area contributed by atoms with Gasteiger partial charge < -0.3 is 14.7 Å². The Balaban J connectivity index is 0.000000360. The molecule has 0 atom stereocenters. The number of carbonyl (C=O) groups is 1. The third-order valence-corrected chi connectivity index (χ3v) is 9.90. The summed E-state index contributed by atoms with van der Waals surface area (Å²) in [7, 11) is -4.27. The first-order valence-corrected chi connectivity index (χ1v) is 12.3. The molecular formula is C26H26BO4P. The Hall–Kier alpha value is -3.24. The van der Waals surface area contributed by atoms with E-state index in [1.807, 2.05) is 0 Å². The first-order valence-electron chi connectivity index (χ1n) is 10.3. The summed E-state index contributed by atoms with van der Waals surface area (Å²) in [6.45, 7) is 1.08. The Labute approximate surface area is 189 Å². The second kappa shape index (κ2) is 11.4. The fourth-order valence-electron chi connectivity index (χ4n) is 3.90. The number of rotatable bonds is 5. The van der Waals surface area contributed by atoms with Gasteiger partial charge in [0.25, 0.3) is 5.97 Å². The van der Waals surface area contributed by atoms with Gasteiger partial charge in [0.15, 0.2) is 0 Å². The summed E-state index contributed by atoms with van der Waals surface area (Å²) in [5, 5.41) is 21.3. The third kappa shape index (κ3) is 5.51. The van der Waals surface area contributed by atoms with Gasteiger partial charge in [-0.1, -0.05) is 0 Å². The van der Waals surface area contributed by atoms with Crippen molar-refractivity contribution in [1.82, 2.24) is 0 Å². The summed E-state index contributed by atoms with van der Waals surface area (Å²) in [4.78, 5) is 9.71. The van der Waals surface area contributed by atoms with E-state index in [9.17, 15) is 4.79 Å². The standard InChI is InChI=1S/C24H21P.C2H5BO4/c1-5-13-21(14-6-1)25(22-15-7-2-8-16-22,23-17-9-3-10-18-23)24-19-11-4-12-20-24;1-2(4)7-3(5)6/h1-20,25H;5-6H,1H3. The van der Waals surface area contributed by atoms with E-state index in [4.69, 9.17) is 10.0 Å². The number of benzene rings is 4. The van der Waals surface area contributed by atoms with Crippen molar-refractivity contribution in [3.8, 4) is 0 Å². The third-order valence-electron chi connectivity index (χ3n) is 5.10. The molecule has 0 bridgehead atoms. The zero-order valence-electron chi connectivity index (χ0n) is 17.8. The van der Waals surface area contributed by atoms with E-state index in [0.717, 1.165) is 6.92 Å². The van der Waals surface area contributed by atoms with Gasteiger partial charge in [0.1, 0.15) is 0 Å². The van der Waals surface area contributed by atoms with Gasteiger partial charge in [0.2, 0.25) is 0 Å². The maximum atomic E-state index is 9.71. The van der Waals surface area contributed by atoms with Gasteiger partial charge in [-0.05, 0) is 0 Å². The Kier molecular flexibility index (Phi) is 8.35. The summed E-state index contributed by atoms with van der Waals surface area (Å²) in [6.07, 6.45) is 0. The SMILES string of the molecule is CC(=O)OB(O)O.c1ccc([PH](c2ccccc2)(c2ccccc2)c2ccccc2)cc1. The molecule has 162 valence electrons. The topological polar surface area (TPSA) is 66.8 Å². The predicted octanol–water partition coefficient (Wildman–Crippen LogP) is 2.56. The van der Waals surface area contributed by atoms with Crippen molar-refractivity contribution in [2.45, 2.75) is 6.92 Å². The summed E-state index contributed by atoms with van der Waals surface area (Å²) in [6, 6.07) is 44.0. The molecule has 0 unspecified atom stereocenters. The quantitative estimate of drug-likeness (QED) is 0.367. The van der Waals surface area contributed by atoms with Crippen LogP contribution in [0.3, 0.4) is 0 Å². The van der Waals surface area contributed by atoms with Crippen molar-refractivity contribution >= 4 is 41.8 Å². The van der Waals surface area contributed by atoms with E-state index in [0.29, 0.717) is 0 Å². The second-order valence-electron chi connectivity index (χ2n) is 7.15. The molecule has 0 amide bonds. The van der Waals surface area contributed by atoms with E-state index in [-0.39, 0.29) is 0 Å². The summed E-state index contributed by atoms with van der Waals surface area (Å²) in [5.41, 5.74) is 0. The average Bonchev–Trinajstić information content (AvgIpc) is 2.82. The van der Waals surface area contributed by atoms with E-state index < -0.39 is 20.6 Å². The molecule has 0 aromatic heterocycles. The molecule has 4 nitrogen and oxygen atoms in total. The van der Waals surface area contributed by atoms with Crippen LogP contribution < -0.4 is 21.2 Å². The minimum atomic E-state index is -2.30. The Morgan fingerprint density at radius 1 is 0.594 bits per heavy atom. The number of hydrogen-bond donors (Lipinski definition) is 2. The molecule has 4 aromatic carbocycles. The van der Waals surface area contributed by atoms with Crippen molar-refractivity contribution in [3.05, 3.63) is 121 Å². The fourth-order valence-corrected chi connectivity index (χ4v) is 8.67. The van der Waals surface area contributed by atoms with E-state index >= 15 is 0 Å². The predicted molar refractivity (Wildman–Crippen MR) is 135 cm³/mol. The van der Waals surface area contributed by atoms with Crippen LogP contribution in [0.25, 0.3) is 0 Å². The van der Waals surface area contributed by atoms with Crippen LogP contribution in [0.1, 0.15) is 6.92 Å². The molecule has 0 aliphatic carbocycles. The molecule has 0 aliphatic heterocycles. The molecule has 6 heteroatoms.